The van der Waals surface area contributed by atoms with Crippen LogP contribution in [0.1, 0.15) is 31.2 Å². The van der Waals surface area contributed by atoms with E-state index < -0.39 is 11.7 Å². The first-order chi connectivity index (χ1) is 8.47. The maximum Gasteiger partial charge on any atom is 0.419 e. The number of anilines is 1. The fraction of sp³-hybridized carbons (Fsp3) is 0.583. The Hall–Kier alpha value is -0.780. The molecule has 0 bridgehead atoms. The van der Waals surface area contributed by atoms with E-state index in [2.05, 4.69) is 26.2 Å². The normalized spacial score (nSPS) is 15.8. The molecule has 0 saturated heterocycles. The number of hydrogen-bond acceptors (Lipinski definition) is 2. The predicted molar refractivity (Wildman–Crippen MR) is 67.4 cm³/mol. The monoisotopic (exact) mass is 322 g/mol. The van der Waals surface area contributed by atoms with Crippen molar-refractivity contribution in [2.24, 2.45) is 5.92 Å². The molecule has 1 N–H and O–H groups in total. The standard InChI is InChI=1S/C12H14BrF3N2/c13-9-6-10(12(14,15)16)11(18-7-9)17-5-1-2-8-3-4-8/h6-8H,1-5H2,(H,17,18). The first-order valence-corrected chi connectivity index (χ1v) is 6.73. The lowest BCUT2D eigenvalue weighted by Gasteiger charge is -2.13. The Labute approximate surface area is 112 Å². The minimum Gasteiger partial charge on any atom is -0.370 e. The van der Waals surface area contributed by atoms with Crippen molar-refractivity contribution in [1.29, 1.82) is 0 Å². The number of aromatic nitrogens is 1. The maximum absolute atomic E-state index is 12.8. The van der Waals surface area contributed by atoms with Gasteiger partial charge in [0.15, 0.2) is 0 Å². The molecule has 1 aliphatic carbocycles. The molecular weight excluding hydrogens is 309 g/mol. The van der Waals surface area contributed by atoms with Gasteiger partial charge in [0.1, 0.15) is 5.82 Å². The van der Waals surface area contributed by atoms with Gasteiger partial charge in [0.25, 0.3) is 0 Å². The van der Waals surface area contributed by atoms with Gasteiger partial charge >= 0.3 is 6.18 Å². The third-order valence-corrected chi connectivity index (χ3v) is 3.37. The minimum absolute atomic E-state index is 0.0819. The van der Waals surface area contributed by atoms with Gasteiger partial charge in [0, 0.05) is 17.2 Å². The number of halogens is 4. The van der Waals surface area contributed by atoms with E-state index in [9.17, 15) is 13.2 Å². The average Bonchev–Trinajstić information content (AvgIpc) is 3.08. The number of nitrogens with one attached hydrogen (secondary N) is 1. The fourth-order valence-corrected chi connectivity index (χ4v) is 2.13. The van der Waals surface area contributed by atoms with Crippen molar-refractivity contribution in [2.45, 2.75) is 31.9 Å². The van der Waals surface area contributed by atoms with Crippen LogP contribution in [0.15, 0.2) is 16.7 Å². The van der Waals surface area contributed by atoms with Gasteiger partial charge in [-0.25, -0.2) is 4.98 Å². The summed E-state index contributed by atoms with van der Waals surface area (Å²) in [6.07, 6.45) is 1.51. The first-order valence-electron chi connectivity index (χ1n) is 5.93. The molecule has 18 heavy (non-hydrogen) atoms. The lowest BCUT2D eigenvalue weighted by molar-refractivity contribution is -0.137. The van der Waals surface area contributed by atoms with Crippen LogP contribution in [0.3, 0.4) is 0 Å². The Morgan fingerprint density at radius 1 is 1.39 bits per heavy atom. The van der Waals surface area contributed by atoms with Gasteiger partial charge < -0.3 is 5.32 Å². The zero-order valence-electron chi connectivity index (χ0n) is 9.73. The van der Waals surface area contributed by atoms with Crippen molar-refractivity contribution in [2.75, 3.05) is 11.9 Å². The van der Waals surface area contributed by atoms with Gasteiger partial charge in [-0.2, -0.15) is 13.2 Å². The van der Waals surface area contributed by atoms with Crippen molar-refractivity contribution >= 4 is 21.7 Å². The molecule has 2 rings (SSSR count). The van der Waals surface area contributed by atoms with Gasteiger partial charge in [0.2, 0.25) is 0 Å². The molecule has 0 amide bonds. The molecule has 100 valence electrons. The number of alkyl halides is 3. The summed E-state index contributed by atoms with van der Waals surface area (Å²) in [5.74, 6) is 0.716. The van der Waals surface area contributed by atoms with Crippen LogP contribution in [0.5, 0.6) is 0 Å². The van der Waals surface area contributed by atoms with Crippen LogP contribution in [0.4, 0.5) is 19.0 Å². The number of hydrogen-bond donors (Lipinski definition) is 1. The molecule has 0 radical (unpaired) electrons. The molecule has 1 heterocycles. The molecule has 0 unspecified atom stereocenters. The molecule has 0 aliphatic heterocycles. The van der Waals surface area contributed by atoms with Gasteiger partial charge in [-0.15, -0.1) is 0 Å². The Bertz CT molecular complexity index is 416. The summed E-state index contributed by atoms with van der Waals surface area (Å²) in [5, 5.41) is 2.78. The number of rotatable bonds is 5. The Morgan fingerprint density at radius 2 is 2.11 bits per heavy atom. The molecular formula is C12H14BrF3N2. The van der Waals surface area contributed by atoms with Crippen molar-refractivity contribution in [3.05, 3.63) is 22.3 Å². The highest BCUT2D eigenvalue weighted by Crippen LogP contribution is 2.36. The van der Waals surface area contributed by atoms with E-state index in [1.807, 2.05) is 0 Å². The van der Waals surface area contributed by atoms with E-state index >= 15 is 0 Å². The summed E-state index contributed by atoms with van der Waals surface area (Å²) >= 11 is 3.01. The second kappa shape index (κ2) is 5.47. The third kappa shape index (κ3) is 3.86. The largest absolute Gasteiger partial charge is 0.419 e. The second-order valence-corrected chi connectivity index (χ2v) is 5.48. The molecule has 1 aromatic rings. The highest BCUT2D eigenvalue weighted by molar-refractivity contribution is 9.10. The maximum atomic E-state index is 12.8. The molecule has 1 fully saturated rings. The molecule has 1 aromatic heterocycles. The molecule has 0 atom stereocenters. The van der Waals surface area contributed by atoms with E-state index in [1.54, 1.807) is 0 Å². The quantitative estimate of drug-likeness (QED) is 0.809. The summed E-state index contributed by atoms with van der Waals surface area (Å²) in [5.41, 5.74) is -0.719. The molecule has 0 aromatic carbocycles. The van der Waals surface area contributed by atoms with E-state index in [1.165, 1.54) is 19.0 Å². The summed E-state index contributed by atoms with van der Waals surface area (Å²) in [6, 6.07) is 1.05. The van der Waals surface area contributed by atoms with Crippen LogP contribution in [0, 0.1) is 5.92 Å². The summed E-state index contributed by atoms with van der Waals surface area (Å²) in [6.45, 7) is 0.536. The highest BCUT2D eigenvalue weighted by Gasteiger charge is 2.34. The van der Waals surface area contributed by atoms with Crippen LogP contribution in [0.2, 0.25) is 0 Å². The van der Waals surface area contributed by atoms with Crippen molar-refractivity contribution in [3.63, 3.8) is 0 Å². The zero-order valence-corrected chi connectivity index (χ0v) is 11.3. The lowest BCUT2D eigenvalue weighted by Crippen LogP contribution is -2.13. The molecule has 6 heteroatoms. The Balaban J connectivity index is 1.97. The third-order valence-electron chi connectivity index (χ3n) is 2.94. The van der Waals surface area contributed by atoms with Gasteiger partial charge in [-0.05, 0) is 40.8 Å². The summed E-state index contributed by atoms with van der Waals surface area (Å²) < 4.78 is 38.7. The van der Waals surface area contributed by atoms with E-state index in [0.717, 1.165) is 24.8 Å². The molecule has 1 saturated carbocycles. The molecule has 2 nitrogen and oxygen atoms in total. The van der Waals surface area contributed by atoms with Gasteiger partial charge in [0.05, 0.1) is 5.56 Å². The molecule has 0 spiro atoms. The van der Waals surface area contributed by atoms with Crippen LogP contribution < -0.4 is 5.32 Å². The summed E-state index contributed by atoms with van der Waals surface area (Å²) in [4.78, 5) is 3.80. The van der Waals surface area contributed by atoms with Crippen molar-refractivity contribution in [1.82, 2.24) is 4.98 Å². The van der Waals surface area contributed by atoms with E-state index in [4.69, 9.17) is 0 Å². The van der Waals surface area contributed by atoms with Crippen LogP contribution >= 0.6 is 15.9 Å². The Kier molecular flexibility index (Phi) is 4.14. The summed E-state index contributed by atoms with van der Waals surface area (Å²) in [7, 11) is 0. The first kappa shape index (κ1) is 13.6. The molecule has 1 aliphatic rings. The average molecular weight is 323 g/mol. The van der Waals surface area contributed by atoms with Crippen molar-refractivity contribution in [3.8, 4) is 0 Å². The zero-order chi connectivity index (χ0) is 13.2. The topological polar surface area (TPSA) is 24.9 Å². The Morgan fingerprint density at radius 3 is 2.72 bits per heavy atom. The fourth-order valence-electron chi connectivity index (χ4n) is 1.80. The number of pyridine rings is 1. The van der Waals surface area contributed by atoms with Crippen LogP contribution in [-0.4, -0.2) is 11.5 Å². The highest BCUT2D eigenvalue weighted by atomic mass is 79.9. The second-order valence-electron chi connectivity index (χ2n) is 4.56. The van der Waals surface area contributed by atoms with E-state index in [0.29, 0.717) is 11.0 Å². The van der Waals surface area contributed by atoms with Gasteiger partial charge in [-0.1, -0.05) is 12.8 Å². The van der Waals surface area contributed by atoms with Crippen LogP contribution in [0.25, 0.3) is 0 Å². The predicted octanol–water partition coefficient (Wildman–Crippen LogP) is 4.47. The smallest absolute Gasteiger partial charge is 0.370 e. The minimum atomic E-state index is -4.38. The van der Waals surface area contributed by atoms with Crippen LogP contribution in [-0.2, 0) is 6.18 Å². The lowest BCUT2D eigenvalue weighted by atomic mass is 10.2. The van der Waals surface area contributed by atoms with E-state index in [-0.39, 0.29) is 5.82 Å². The van der Waals surface area contributed by atoms with Gasteiger partial charge in [-0.3, -0.25) is 0 Å². The SMILES string of the molecule is FC(F)(F)c1cc(Br)cnc1NCCCC1CC1. The van der Waals surface area contributed by atoms with Crippen molar-refractivity contribution < 1.29 is 13.2 Å². The number of nitrogens with zero attached hydrogens (tertiary/aromatic N) is 1.